The fourth-order valence-electron chi connectivity index (χ4n) is 5.72. The van der Waals surface area contributed by atoms with Crippen LogP contribution in [0.4, 0.5) is 0 Å². The molecule has 0 unspecified atom stereocenters. The summed E-state index contributed by atoms with van der Waals surface area (Å²) in [5, 5.41) is 6.02. The second-order valence-corrected chi connectivity index (χ2v) is 10.6. The molecule has 3 heterocycles. The Morgan fingerprint density at radius 2 is 1.00 bits per heavy atom. The molecule has 0 spiro atoms. The van der Waals surface area contributed by atoms with Gasteiger partial charge >= 0.3 is 0 Å². The average molecular weight is 544 g/mol. The van der Waals surface area contributed by atoms with Gasteiger partial charge < -0.3 is 0 Å². The maximum Gasteiger partial charge on any atom is 0.129 e. The first-order chi connectivity index (χ1) is 20.2. The van der Waals surface area contributed by atoms with Crippen molar-refractivity contribution in [2.24, 2.45) is 0 Å². The monoisotopic (exact) mass is 543 g/mol. The first kappa shape index (κ1) is 23.7. The van der Waals surface area contributed by atoms with Crippen molar-refractivity contribution >= 4 is 55.1 Å². The summed E-state index contributed by atoms with van der Waals surface area (Å²) >= 11 is 6.20. The summed E-state index contributed by atoms with van der Waals surface area (Å²) < 4.78 is 0. The molecule has 5 aromatic carbocycles. The minimum atomic E-state index is 0.495. The maximum absolute atomic E-state index is 6.20. The molecule has 3 aromatic heterocycles. The molecule has 0 atom stereocenters. The highest BCUT2D eigenvalue weighted by Crippen LogP contribution is 2.37. The van der Waals surface area contributed by atoms with E-state index < -0.39 is 0 Å². The summed E-state index contributed by atoms with van der Waals surface area (Å²) in [5.41, 5.74) is 9.00. The Labute approximate surface area is 241 Å². The van der Waals surface area contributed by atoms with E-state index in [4.69, 9.17) is 21.6 Å². The molecule has 0 aliphatic rings. The molecule has 0 aliphatic heterocycles. The van der Waals surface area contributed by atoms with Gasteiger partial charge in [0, 0.05) is 27.3 Å². The smallest absolute Gasteiger partial charge is 0.129 e. The molecule has 0 N–H and O–H groups in total. The zero-order valence-corrected chi connectivity index (χ0v) is 22.7. The zero-order valence-electron chi connectivity index (χ0n) is 21.9. The largest absolute Gasteiger partial charge is 0.245 e. The molecule has 0 radical (unpaired) electrons. The molecule has 0 fully saturated rings. The molecule has 0 saturated heterocycles. The van der Waals surface area contributed by atoms with Crippen LogP contribution in [-0.4, -0.2) is 15.0 Å². The zero-order chi connectivity index (χ0) is 27.3. The molecule has 0 saturated carbocycles. The van der Waals surface area contributed by atoms with Crippen LogP contribution >= 0.6 is 11.6 Å². The van der Waals surface area contributed by atoms with Gasteiger partial charge in [-0.15, -0.1) is 0 Å². The Morgan fingerprint density at radius 3 is 1.78 bits per heavy atom. The van der Waals surface area contributed by atoms with E-state index >= 15 is 0 Å². The van der Waals surface area contributed by atoms with Gasteiger partial charge in [0.25, 0.3) is 0 Å². The van der Waals surface area contributed by atoms with Crippen molar-refractivity contribution in [1.82, 2.24) is 15.0 Å². The second kappa shape index (κ2) is 9.51. The van der Waals surface area contributed by atoms with Crippen molar-refractivity contribution in [2.75, 3.05) is 0 Å². The number of fused-ring (bicyclic) bond motifs is 5. The molecule has 0 aliphatic carbocycles. The van der Waals surface area contributed by atoms with Crippen LogP contribution in [0.1, 0.15) is 0 Å². The number of nitrogens with zero attached hydrogens (tertiary/aromatic N) is 3. The van der Waals surface area contributed by atoms with Crippen molar-refractivity contribution in [3.8, 4) is 33.6 Å². The first-order valence-corrected chi connectivity index (χ1v) is 13.9. The van der Waals surface area contributed by atoms with Gasteiger partial charge in [-0.2, -0.15) is 0 Å². The fourth-order valence-corrected chi connectivity index (χ4v) is 5.88. The molecule has 0 bridgehead atoms. The number of rotatable bonds is 3. The Balaban J connectivity index is 1.31. The Bertz CT molecular complexity index is 2280. The number of hydrogen-bond donors (Lipinski definition) is 0. The molecule has 0 amide bonds. The van der Waals surface area contributed by atoms with Crippen LogP contribution in [0.3, 0.4) is 0 Å². The van der Waals surface area contributed by atoms with E-state index in [0.29, 0.717) is 5.15 Å². The maximum atomic E-state index is 6.20. The number of halogens is 1. The molecular formula is C37H22ClN3. The molecular weight excluding hydrogens is 522 g/mol. The summed E-state index contributed by atoms with van der Waals surface area (Å²) in [6, 6.07) is 46.1. The number of pyridine rings is 3. The van der Waals surface area contributed by atoms with Crippen molar-refractivity contribution in [3.05, 3.63) is 139 Å². The van der Waals surface area contributed by atoms with Crippen molar-refractivity contribution in [1.29, 1.82) is 0 Å². The standard InChI is InChI=1S/C37H22ClN3/c38-35-21-16-24-10-13-27(22-34(24)39-35)28-17-18-31(30-9-5-4-8-29(28)30)33-20-15-26-12-11-25-14-19-32(23-6-2-1-3-7-23)40-36(25)37(26)41-33/h1-22H. The van der Waals surface area contributed by atoms with E-state index in [9.17, 15) is 0 Å². The van der Waals surface area contributed by atoms with Gasteiger partial charge in [0.15, 0.2) is 0 Å². The molecule has 8 rings (SSSR count). The highest BCUT2D eigenvalue weighted by atomic mass is 35.5. The molecule has 4 heteroatoms. The molecule has 41 heavy (non-hydrogen) atoms. The van der Waals surface area contributed by atoms with E-state index in [1.54, 1.807) is 0 Å². The summed E-state index contributed by atoms with van der Waals surface area (Å²) in [6.07, 6.45) is 0. The van der Waals surface area contributed by atoms with Gasteiger partial charge in [-0.1, -0.05) is 115 Å². The molecule has 8 aromatic rings. The second-order valence-electron chi connectivity index (χ2n) is 10.2. The Morgan fingerprint density at radius 1 is 0.415 bits per heavy atom. The van der Waals surface area contributed by atoms with Crippen LogP contribution < -0.4 is 0 Å². The van der Waals surface area contributed by atoms with Crippen LogP contribution in [0, 0.1) is 0 Å². The van der Waals surface area contributed by atoms with E-state index in [1.165, 1.54) is 0 Å². The lowest BCUT2D eigenvalue weighted by atomic mass is 9.93. The number of benzene rings is 5. The third kappa shape index (κ3) is 4.10. The Kier molecular flexibility index (Phi) is 5.51. The lowest BCUT2D eigenvalue weighted by molar-refractivity contribution is 1.37. The van der Waals surface area contributed by atoms with Crippen LogP contribution in [-0.2, 0) is 0 Å². The average Bonchev–Trinajstić information content (AvgIpc) is 3.03. The van der Waals surface area contributed by atoms with Crippen molar-refractivity contribution in [2.45, 2.75) is 0 Å². The topological polar surface area (TPSA) is 38.7 Å². The Hall–Kier alpha value is -5.12. The SMILES string of the molecule is Clc1ccc2ccc(-c3ccc(-c4ccc5ccc6ccc(-c7ccccc7)nc6c5n4)c4ccccc34)cc2n1. The van der Waals surface area contributed by atoms with Crippen molar-refractivity contribution < 1.29 is 0 Å². The van der Waals surface area contributed by atoms with E-state index in [1.807, 2.05) is 30.3 Å². The predicted molar refractivity (Wildman–Crippen MR) is 171 cm³/mol. The number of aromatic nitrogens is 3. The predicted octanol–water partition coefficient (Wildman–Crippen LogP) is 10.1. The normalized spacial score (nSPS) is 11.5. The molecule has 3 nitrogen and oxygen atoms in total. The fraction of sp³-hybridized carbons (Fsp3) is 0. The van der Waals surface area contributed by atoms with Crippen molar-refractivity contribution in [3.63, 3.8) is 0 Å². The van der Waals surface area contributed by atoms with Crippen LogP contribution in [0.15, 0.2) is 133 Å². The minimum absolute atomic E-state index is 0.495. The highest BCUT2D eigenvalue weighted by Gasteiger charge is 2.13. The van der Waals surface area contributed by atoms with Crippen LogP contribution in [0.5, 0.6) is 0 Å². The molecule has 192 valence electrons. The highest BCUT2D eigenvalue weighted by molar-refractivity contribution is 6.29. The van der Waals surface area contributed by atoms with Gasteiger partial charge in [-0.05, 0) is 52.2 Å². The summed E-state index contributed by atoms with van der Waals surface area (Å²) in [6.45, 7) is 0. The third-order valence-corrected chi connectivity index (χ3v) is 7.97. The van der Waals surface area contributed by atoms with Crippen LogP contribution in [0.25, 0.3) is 77.1 Å². The van der Waals surface area contributed by atoms with E-state index in [0.717, 1.165) is 77.1 Å². The first-order valence-electron chi connectivity index (χ1n) is 13.6. The van der Waals surface area contributed by atoms with E-state index in [2.05, 4.69) is 108 Å². The lowest BCUT2D eigenvalue weighted by Gasteiger charge is -2.13. The summed E-state index contributed by atoms with van der Waals surface area (Å²) in [7, 11) is 0. The van der Waals surface area contributed by atoms with Gasteiger partial charge in [0.05, 0.1) is 27.9 Å². The van der Waals surface area contributed by atoms with Gasteiger partial charge in [0.1, 0.15) is 5.15 Å². The summed E-state index contributed by atoms with van der Waals surface area (Å²) in [4.78, 5) is 14.8. The van der Waals surface area contributed by atoms with Crippen LogP contribution in [0.2, 0.25) is 5.15 Å². The lowest BCUT2D eigenvalue weighted by Crippen LogP contribution is -1.92. The quantitative estimate of drug-likeness (QED) is 0.164. The van der Waals surface area contributed by atoms with Gasteiger partial charge in [0.2, 0.25) is 0 Å². The van der Waals surface area contributed by atoms with Gasteiger partial charge in [-0.3, -0.25) is 0 Å². The minimum Gasteiger partial charge on any atom is -0.245 e. The number of hydrogen-bond acceptors (Lipinski definition) is 3. The summed E-state index contributed by atoms with van der Waals surface area (Å²) in [5.74, 6) is 0. The van der Waals surface area contributed by atoms with E-state index in [-0.39, 0.29) is 0 Å². The third-order valence-electron chi connectivity index (χ3n) is 7.76. The van der Waals surface area contributed by atoms with Gasteiger partial charge in [-0.25, -0.2) is 15.0 Å².